The Labute approximate surface area is 122 Å². The maximum absolute atomic E-state index is 11.6. The summed E-state index contributed by atoms with van der Waals surface area (Å²) in [5, 5.41) is 0. The Morgan fingerprint density at radius 1 is 1.35 bits per heavy atom. The average molecular weight is 297 g/mol. The zero-order valence-electron chi connectivity index (χ0n) is 12.4. The van der Waals surface area contributed by atoms with Crippen molar-refractivity contribution in [1.29, 1.82) is 0 Å². The van der Waals surface area contributed by atoms with E-state index in [2.05, 4.69) is 25.5 Å². The van der Waals surface area contributed by atoms with Gasteiger partial charge in [-0.3, -0.25) is 4.21 Å². The molecule has 0 saturated carbocycles. The lowest BCUT2D eigenvalue weighted by Crippen LogP contribution is -2.22. The van der Waals surface area contributed by atoms with Crippen LogP contribution in [0.15, 0.2) is 18.2 Å². The van der Waals surface area contributed by atoms with E-state index in [0.29, 0.717) is 11.1 Å². The third-order valence-electron chi connectivity index (χ3n) is 4.01. The first-order valence-electron chi connectivity index (χ1n) is 6.65. The summed E-state index contributed by atoms with van der Waals surface area (Å²) in [6.07, 6.45) is 1.80. The number of methoxy groups -OCH3 is 1. The van der Waals surface area contributed by atoms with E-state index in [4.69, 9.17) is 0 Å². The van der Waals surface area contributed by atoms with Crippen molar-refractivity contribution in [3.63, 3.8) is 0 Å². The number of ether oxygens (including phenoxy) is 1. The van der Waals surface area contributed by atoms with Crippen molar-refractivity contribution < 1.29 is 18.3 Å². The largest absolute Gasteiger partial charge is 0.772 e. The highest BCUT2D eigenvalue weighted by Gasteiger charge is 2.25. The highest BCUT2D eigenvalue weighted by atomic mass is 32.2. The van der Waals surface area contributed by atoms with Gasteiger partial charge in [-0.2, -0.15) is 0 Å². The van der Waals surface area contributed by atoms with Gasteiger partial charge in [0.05, 0.1) is 12.7 Å². The molecule has 1 aromatic carbocycles. The number of hydrogen-bond acceptors (Lipinski definition) is 4. The maximum atomic E-state index is 11.6. The molecule has 0 fully saturated rings. The van der Waals surface area contributed by atoms with E-state index >= 15 is 0 Å². The average Bonchev–Trinajstić information content (AvgIpc) is 2.44. The summed E-state index contributed by atoms with van der Waals surface area (Å²) in [5.41, 5.74) is 1.95. The fourth-order valence-corrected chi connectivity index (χ4v) is 2.80. The quantitative estimate of drug-likeness (QED) is 0.598. The van der Waals surface area contributed by atoms with Crippen LogP contribution in [0, 0.1) is 0 Å². The van der Waals surface area contributed by atoms with Crippen molar-refractivity contribution in [1.82, 2.24) is 0 Å². The van der Waals surface area contributed by atoms with Crippen LogP contribution in [0.2, 0.25) is 0 Å². The summed E-state index contributed by atoms with van der Waals surface area (Å²) in [5.74, 6) is -0.542. The van der Waals surface area contributed by atoms with Crippen LogP contribution in [0.5, 0.6) is 0 Å². The third kappa shape index (κ3) is 3.67. The molecule has 1 unspecified atom stereocenters. The smallest absolute Gasteiger partial charge is 0.337 e. The van der Waals surface area contributed by atoms with Gasteiger partial charge in [-0.05, 0) is 41.5 Å². The second kappa shape index (κ2) is 6.99. The molecule has 20 heavy (non-hydrogen) atoms. The summed E-state index contributed by atoms with van der Waals surface area (Å²) < 4.78 is 26.8. The lowest BCUT2D eigenvalue weighted by Gasteiger charge is -2.30. The van der Waals surface area contributed by atoms with Gasteiger partial charge in [-0.25, -0.2) is 4.79 Å². The Morgan fingerprint density at radius 3 is 2.40 bits per heavy atom. The van der Waals surface area contributed by atoms with E-state index in [0.717, 1.165) is 18.4 Å². The normalized spacial score (nSPS) is 13.1. The Hall–Kier alpha value is -1.20. The molecule has 1 atom stereocenters. The molecule has 0 N–H and O–H groups in total. The zero-order chi connectivity index (χ0) is 15.3. The summed E-state index contributed by atoms with van der Waals surface area (Å²) in [7, 11) is 1.31. The minimum absolute atomic E-state index is 0.0875. The standard InChI is InChI=1S/C15H22O4S/c1-5-15(3,6-2)13-8-7-11(14(16)19-4)9-12(13)10-20(17)18/h7-9H,5-6,10H2,1-4H3,(H,17,18)/p-1. The Kier molecular flexibility index (Phi) is 5.89. The topological polar surface area (TPSA) is 66.4 Å². The molecule has 0 radical (unpaired) electrons. The fourth-order valence-electron chi connectivity index (χ4n) is 2.30. The van der Waals surface area contributed by atoms with E-state index in [1.54, 1.807) is 12.1 Å². The molecule has 0 spiro atoms. The van der Waals surface area contributed by atoms with Gasteiger partial charge in [0.25, 0.3) is 0 Å². The molecule has 5 heteroatoms. The van der Waals surface area contributed by atoms with Gasteiger partial charge in [0.15, 0.2) is 0 Å². The van der Waals surface area contributed by atoms with Crippen LogP contribution in [0.3, 0.4) is 0 Å². The highest BCUT2D eigenvalue weighted by molar-refractivity contribution is 7.78. The number of hydrogen-bond donors (Lipinski definition) is 0. The highest BCUT2D eigenvalue weighted by Crippen LogP contribution is 2.34. The molecule has 1 rings (SSSR count). The van der Waals surface area contributed by atoms with Crippen molar-refractivity contribution in [3.8, 4) is 0 Å². The lowest BCUT2D eigenvalue weighted by atomic mass is 9.75. The molecule has 0 amide bonds. The van der Waals surface area contributed by atoms with E-state index in [1.165, 1.54) is 7.11 Å². The molecule has 112 valence electrons. The van der Waals surface area contributed by atoms with Crippen molar-refractivity contribution in [2.45, 2.75) is 44.8 Å². The van der Waals surface area contributed by atoms with Crippen LogP contribution in [0.1, 0.15) is 55.1 Å². The van der Waals surface area contributed by atoms with Gasteiger partial charge in [-0.15, -0.1) is 0 Å². The van der Waals surface area contributed by atoms with Crippen molar-refractivity contribution in [3.05, 3.63) is 34.9 Å². The summed E-state index contributed by atoms with van der Waals surface area (Å²) >= 11 is -2.19. The van der Waals surface area contributed by atoms with Gasteiger partial charge in [-0.1, -0.05) is 37.9 Å². The van der Waals surface area contributed by atoms with Crippen LogP contribution in [-0.2, 0) is 27.0 Å². The van der Waals surface area contributed by atoms with Gasteiger partial charge >= 0.3 is 5.97 Å². The Bertz CT molecular complexity index is 507. The lowest BCUT2D eigenvalue weighted by molar-refractivity contribution is 0.0600. The molecule has 0 aliphatic carbocycles. The second-order valence-corrected chi connectivity index (χ2v) is 5.98. The first-order valence-corrected chi connectivity index (χ1v) is 7.90. The first kappa shape index (κ1) is 16.9. The second-order valence-electron chi connectivity index (χ2n) is 5.08. The molecule has 0 saturated heterocycles. The Morgan fingerprint density at radius 2 is 1.95 bits per heavy atom. The zero-order valence-corrected chi connectivity index (χ0v) is 13.2. The molecule has 0 heterocycles. The molecule has 0 aromatic heterocycles. The van der Waals surface area contributed by atoms with Crippen molar-refractivity contribution in [2.75, 3.05) is 7.11 Å². The molecule has 4 nitrogen and oxygen atoms in total. The minimum Gasteiger partial charge on any atom is -0.772 e. The number of carbonyl (C=O) groups is 1. The van der Waals surface area contributed by atoms with Crippen molar-refractivity contribution >= 4 is 17.0 Å². The summed E-state index contributed by atoms with van der Waals surface area (Å²) in [6, 6.07) is 5.17. The summed E-state index contributed by atoms with van der Waals surface area (Å²) in [4.78, 5) is 11.6. The number of carbonyl (C=O) groups excluding carboxylic acids is 1. The van der Waals surface area contributed by atoms with Crippen LogP contribution in [0.25, 0.3) is 0 Å². The van der Waals surface area contributed by atoms with Gasteiger partial charge in [0.2, 0.25) is 0 Å². The van der Waals surface area contributed by atoms with Gasteiger partial charge in [0.1, 0.15) is 0 Å². The number of benzene rings is 1. The van der Waals surface area contributed by atoms with Crippen LogP contribution >= 0.6 is 0 Å². The van der Waals surface area contributed by atoms with Crippen molar-refractivity contribution in [2.24, 2.45) is 0 Å². The van der Waals surface area contributed by atoms with E-state index in [-0.39, 0.29) is 11.2 Å². The van der Waals surface area contributed by atoms with E-state index in [1.807, 2.05) is 6.07 Å². The van der Waals surface area contributed by atoms with Crippen LogP contribution in [0.4, 0.5) is 0 Å². The van der Waals surface area contributed by atoms with Gasteiger partial charge in [0, 0.05) is 5.75 Å². The monoisotopic (exact) mass is 297 g/mol. The number of esters is 1. The summed E-state index contributed by atoms with van der Waals surface area (Å²) in [6.45, 7) is 6.27. The van der Waals surface area contributed by atoms with Gasteiger partial charge < -0.3 is 9.29 Å². The van der Waals surface area contributed by atoms with E-state index in [9.17, 15) is 13.6 Å². The predicted octanol–water partition coefficient (Wildman–Crippen LogP) is 2.93. The fraction of sp³-hybridized carbons (Fsp3) is 0.533. The Balaban J connectivity index is 3.36. The third-order valence-corrected chi connectivity index (χ3v) is 4.56. The van der Waals surface area contributed by atoms with E-state index < -0.39 is 17.0 Å². The molecule has 0 bridgehead atoms. The molecule has 0 aliphatic heterocycles. The molecule has 1 aromatic rings. The molecular formula is C15H21O4S-. The first-order chi connectivity index (χ1) is 9.37. The maximum Gasteiger partial charge on any atom is 0.337 e. The molecular weight excluding hydrogens is 276 g/mol. The molecule has 0 aliphatic rings. The van der Waals surface area contributed by atoms with Crippen LogP contribution in [-0.4, -0.2) is 21.8 Å². The minimum atomic E-state index is -2.19. The van der Waals surface area contributed by atoms with Crippen LogP contribution < -0.4 is 0 Å². The number of rotatable bonds is 6. The SMILES string of the molecule is CCC(C)(CC)c1ccc(C(=O)OC)cc1CS(=O)[O-]. The predicted molar refractivity (Wildman–Crippen MR) is 78.3 cm³/mol.